The molecule has 0 saturated heterocycles. The lowest BCUT2D eigenvalue weighted by Gasteiger charge is -2.08. The molecule has 0 spiro atoms. The molecule has 4 heteroatoms. The monoisotopic (exact) mass is 304 g/mol. The number of carbonyl (C=O) groups excluding carboxylic acids is 1. The summed E-state index contributed by atoms with van der Waals surface area (Å²) in [5.74, 6) is 0.495. The maximum absolute atomic E-state index is 11.8. The van der Waals surface area contributed by atoms with Crippen molar-refractivity contribution in [2.45, 2.75) is 6.92 Å². The van der Waals surface area contributed by atoms with Crippen LogP contribution >= 0.6 is 0 Å². The summed E-state index contributed by atoms with van der Waals surface area (Å²) in [7, 11) is 0. The van der Waals surface area contributed by atoms with E-state index in [4.69, 9.17) is 4.74 Å². The van der Waals surface area contributed by atoms with Gasteiger partial charge < -0.3 is 4.74 Å². The van der Waals surface area contributed by atoms with Crippen LogP contribution in [0.4, 0.5) is 10.5 Å². The third-order valence-corrected chi connectivity index (χ3v) is 3.38. The normalized spacial score (nSPS) is 10.1. The Labute approximate surface area is 134 Å². The van der Waals surface area contributed by atoms with E-state index in [0.29, 0.717) is 11.4 Å². The van der Waals surface area contributed by atoms with Gasteiger partial charge in [0, 0.05) is 5.56 Å². The van der Waals surface area contributed by atoms with Crippen LogP contribution in [0.1, 0.15) is 5.56 Å². The van der Waals surface area contributed by atoms with Crippen molar-refractivity contribution in [3.63, 3.8) is 0 Å². The van der Waals surface area contributed by atoms with Crippen LogP contribution in [0.15, 0.2) is 72.9 Å². The molecule has 0 fully saturated rings. The number of anilines is 1. The Morgan fingerprint density at radius 2 is 1.70 bits per heavy atom. The van der Waals surface area contributed by atoms with Crippen LogP contribution in [0.5, 0.6) is 5.75 Å². The first kappa shape index (κ1) is 14.8. The minimum atomic E-state index is -0.540. The second-order valence-electron chi connectivity index (χ2n) is 5.07. The van der Waals surface area contributed by atoms with E-state index in [1.54, 1.807) is 36.5 Å². The minimum Gasteiger partial charge on any atom is -0.410 e. The van der Waals surface area contributed by atoms with Gasteiger partial charge in [0.15, 0.2) is 0 Å². The standard InChI is InChI=1S/C19H16N2O2/c1-14-7-5-6-10-17(14)18-12-11-15(13-20-18)21-19(22)23-16-8-3-2-4-9-16/h2-13H,1H3,(H,21,22). The Morgan fingerprint density at radius 3 is 2.39 bits per heavy atom. The van der Waals surface area contributed by atoms with E-state index in [2.05, 4.69) is 10.3 Å². The molecule has 3 rings (SSSR count). The van der Waals surface area contributed by atoms with Crippen LogP contribution in [-0.2, 0) is 0 Å². The van der Waals surface area contributed by atoms with Crippen molar-refractivity contribution in [3.05, 3.63) is 78.5 Å². The highest BCUT2D eigenvalue weighted by Gasteiger charge is 2.06. The summed E-state index contributed by atoms with van der Waals surface area (Å²) in [6, 6.07) is 20.6. The SMILES string of the molecule is Cc1ccccc1-c1ccc(NC(=O)Oc2ccccc2)cn1. The summed E-state index contributed by atoms with van der Waals surface area (Å²) < 4.78 is 5.17. The van der Waals surface area contributed by atoms with Crippen LogP contribution < -0.4 is 10.1 Å². The molecule has 1 aromatic heterocycles. The lowest BCUT2D eigenvalue weighted by molar-refractivity contribution is 0.215. The van der Waals surface area contributed by atoms with Crippen LogP contribution in [0, 0.1) is 6.92 Å². The van der Waals surface area contributed by atoms with Gasteiger partial charge in [0.05, 0.1) is 17.6 Å². The molecule has 114 valence electrons. The van der Waals surface area contributed by atoms with E-state index in [-0.39, 0.29) is 0 Å². The first-order chi connectivity index (χ1) is 11.2. The largest absolute Gasteiger partial charge is 0.417 e. The number of aromatic nitrogens is 1. The number of pyridine rings is 1. The number of benzene rings is 2. The Morgan fingerprint density at radius 1 is 0.957 bits per heavy atom. The van der Waals surface area contributed by atoms with Crippen molar-refractivity contribution in [1.82, 2.24) is 4.98 Å². The number of hydrogen-bond donors (Lipinski definition) is 1. The number of nitrogens with zero attached hydrogens (tertiary/aromatic N) is 1. The molecule has 1 heterocycles. The van der Waals surface area contributed by atoms with E-state index >= 15 is 0 Å². The van der Waals surface area contributed by atoms with Gasteiger partial charge in [-0.2, -0.15) is 0 Å². The molecule has 4 nitrogen and oxygen atoms in total. The average Bonchev–Trinajstić information content (AvgIpc) is 2.57. The number of amides is 1. The van der Waals surface area contributed by atoms with Crippen LogP contribution in [0.2, 0.25) is 0 Å². The summed E-state index contributed by atoms with van der Waals surface area (Å²) in [6.07, 6.45) is 1.08. The van der Waals surface area contributed by atoms with Gasteiger partial charge in [-0.05, 0) is 36.8 Å². The minimum absolute atomic E-state index is 0.495. The van der Waals surface area contributed by atoms with E-state index in [0.717, 1.165) is 16.8 Å². The zero-order valence-electron chi connectivity index (χ0n) is 12.7. The fourth-order valence-electron chi connectivity index (χ4n) is 2.23. The number of para-hydroxylation sites is 1. The number of rotatable bonds is 3. The number of ether oxygens (including phenoxy) is 1. The zero-order chi connectivity index (χ0) is 16.1. The Bertz CT molecular complexity index is 799. The number of carbonyl (C=O) groups is 1. The van der Waals surface area contributed by atoms with Crippen molar-refractivity contribution in [3.8, 4) is 17.0 Å². The smallest absolute Gasteiger partial charge is 0.410 e. The van der Waals surface area contributed by atoms with Gasteiger partial charge in [-0.1, -0.05) is 42.5 Å². The maximum atomic E-state index is 11.8. The molecule has 23 heavy (non-hydrogen) atoms. The molecule has 1 amide bonds. The van der Waals surface area contributed by atoms with Crippen molar-refractivity contribution >= 4 is 11.8 Å². The summed E-state index contributed by atoms with van der Waals surface area (Å²) in [6.45, 7) is 2.04. The van der Waals surface area contributed by atoms with E-state index in [9.17, 15) is 4.79 Å². The first-order valence-electron chi connectivity index (χ1n) is 7.28. The van der Waals surface area contributed by atoms with Gasteiger partial charge in [-0.3, -0.25) is 10.3 Å². The molecular weight excluding hydrogens is 288 g/mol. The predicted octanol–water partition coefficient (Wildman–Crippen LogP) is 4.67. The molecule has 0 bridgehead atoms. The molecule has 3 aromatic rings. The van der Waals surface area contributed by atoms with Gasteiger partial charge in [0.25, 0.3) is 0 Å². The van der Waals surface area contributed by atoms with Crippen molar-refractivity contribution in [2.24, 2.45) is 0 Å². The highest BCUT2D eigenvalue weighted by Crippen LogP contribution is 2.22. The molecule has 0 saturated carbocycles. The molecule has 0 radical (unpaired) electrons. The molecule has 1 N–H and O–H groups in total. The van der Waals surface area contributed by atoms with Gasteiger partial charge >= 0.3 is 6.09 Å². The summed E-state index contributed by atoms with van der Waals surface area (Å²) >= 11 is 0. The molecular formula is C19H16N2O2. The zero-order valence-corrected chi connectivity index (χ0v) is 12.7. The molecule has 2 aromatic carbocycles. The number of nitrogens with one attached hydrogen (secondary N) is 1. The topological polar surface area (TPSA) is 51.2 Å². The van der Waals surface area contributed by atoms with Crippen LogP contribution in [0.3, 0.4) is 0 Å². The predicted molar refractivity (Wildman–Crippen MR) is 90.5 cm³/mol. The van der Waals surface area contributed by atoms with Gasteiger partial charge in [0.1, 0.15) is 5.75 Å². The highest BCUT2D eigenvalue weighted by molar-refractivity contribution is 5.86. The third kappa shape index (κ3) is 3.74. The Hall–Kier alpha value is -3.14. The second-order valence-corrected chi connectivity index (χ2v) is 5.07. The number of hydrogen-bond acceptors (Lipinski definition) is 3. The Kier molecular flexibility index (Phi) is 4.34. The average molecular weight is 304 g/mol. The lowest BCUT2D eigenvalue weighted by atomic mass is 10.1. The Balaban J connectivity index is 1.68. The summed E-state index contributed by atoms with van der Waals surface area (Å²) in [5, 5.41) is 2.66. The number of aryl methyl sites for hydroxylation is 1. The molecule has 0 aliphatic rings. The van der Waals surface area contributed by atoms with Crippen molar-refractivity contribution in [2.75, 3.05) is 5.32 Å². The van der Waals surface area contributed by atoms with Gasteiger partial charge in [-0.15, -0.1) is 0 Å². The van der Waals surface area contributed by atoms with Crippen LogP contribution in [-0.4, -0.2) is 11.1 Å². The van der Waals surface area contributed by atoms with Crippen LogP contribution in [0.25, 0.3) is 11.3 Å². The molecule has 0 aliphatic carbocycles. The van der Waals surface area contributed by atoms with Crippen molar-refractivity contribution in [1.29, 1.82) is 0 Å². The lowest BCUT2D eigenvalue weighted by Crippen LogP contribution is -2.16. The molecule has 0 atom stereocenters. The molecule has 0 unspecified atom stereocenters. The van der Waals surface area contributed by atoms with Gasteiger partial charge in [0.2, 0.25) is 0 Å². The van der Waals surface area contributed by atoms with E-state index in [1.165, 1.54) is 0 Å². The quantitative estimate of drug-likeness (QED) is 0.765. The summed E-state index contributed by atoms with van der Waals surface area (Å²) in [4.78, 5) is 16.2. The fourth-order valence-corrected chi connectivity index (χ4v) is 2.23. The van der Waals surface area contributed by atoms with E-state index < -0.39 is 6.09 Å². The first-order valence-corrected chi connectivity index (χ1v) is 7.28. The second kappa shape index (κ2) is 6.75. The fraction of sp³-hybridized carbons (Fsp3) is 0.0526. The molecule has 0 aliphatic heterocycles. The summed E-state index contributed by atoms with van der Waals surface area (Å²) in [5.41, 5.74) is 3.68. The maximum Gasteiger partial charge on any atom is 0.417 e. The highest BCUT2D eigenvalue weighted by atomic mass is 16.6. The third-order valence-electron chi connectivity index (χ3n) is 3.38. The van der Waals surface area contributed by atoms with Gasteiger partial charge in [-0.25, -0.2) is 4.79 Å². The van der Waals surface area contributed by atoms with Crippen molar-refractivity contribution < 1.29 is 9.53 Å². The van der Waals surface area contributed by atoms with E-state index in [1.807, 2.05) is 43.3 Å².